The van der Waals surface area contributed by atoms with Gasteiger partial charge in [0.1, 0.15) is 17.5 Å². The number of nitrogens with zero attached hydrogens (tertiary/aromatic N) is 2. The zero-order valence-corrected chi connectivity index (χ0v) is 13.9. The summed E-state index contributed by atoms with van der Waals surface area (Å²) in [7, 11) is 1.41. The highest BCUT2D eigenvalue weighted by Gasteiger charge is 2.22. The van der Waals surface area contributed by atoms with Crippen LogP contribution >= 0.6 is 0 Å². The van der Waals surface area contributed by atoms with Crippen molar-refractivity contribution in [2.45, 2.75) is 13.8 Å². The van der Waals surface area contributed by atoms with E-state index in [-0.39, 0.29) is 17.1 Å². The first-order valence-electron chi connectivity index (χ1n) is 7.55. The Balaban J connectivity index is 2.35. The van der Waals surface area contributed by atoms with E-state index in [2.05, 4.69) is 9.97 Å². The van der Waals surface area contributed by atoms with Gasteiger partial charge in [-0.25, -0.2) is 13.2 Å². The third-order valence-corrected chi connectivity index (χ3v) is 3.83. The summed E-state index contributed by atoms with van der Waals surface area (Å²) in [5.74, 6) is -3.01. The second kappa shape index (κ2) is 6.55. The van der Waals surface area contributed by atoms with Crippen LogP contribution < -0.4 is 4.74 Å². The molecule has 1 aromatic heterocycles. The summed E-state index contributed by atoms with van der Waals surface area (Å²) in [6.45, 7) is 3.52. The second-order valence-corrected chi connectivity index (χ2v) is 5.63. The first-order valence-corrected chi connectivity index (χ1v) is 7.55. The van der Waals surface area contributed by atoms with Crippen molar-refractivity contribution in [3.05, 3.63) is 65.1 Å². The molecule has 0 saturated heterocycles. The molecule has 0 saturated carbocycles. The fourth-order valence-corrected chi connectivity index (χ4v) is 2.64. The topological polar surface area (TPSA) is 35.0 Å². The summed E-state index contributed by atoms with van der Waals surface area (Å²) < 4.78 is 47.1. The van der Waals surface area contributed by atoms with E-state index < -0.39 is 17.5 Å². The average molecular weight is 344 g/mol. The van der Waals surface area contributed by atoms with Gasteiger partial charge in [-0.15, -0.1) is 0 Å². The maximum Gasteiger partial charge on any atom is 0.316 e. The van der Waals surface area contributed by atoms with E-state index in [1.165, 1.54) is 7.11 Å². The standard InChI is InChI=1S/C19H15F3N2O/c1-10-4-6-12(7-5-10)18-16(11(2)23-19(24-18)25-3)17-14(21)8-13(20)9-15(17)22/h4-9H,1-3H3. The maximum absolute atomic E-state index is 14.4. The molecule has 3 rings (SSSR count). The third-order valence-electron chi connectivity index (χ3n) is 3.83. The predicted octanol–water partition coefficient (Wildman–Crippen LogP) is 4.85. The fraction of sp³-hybridized carbons (Fsp3) is 0.158. The van der Waals surface area contributed by atoms with Gasteiger partial charge in [-0.2, -0.15) is 9.97 Å². The van der Waals surface area contributed by atoms with E-state index in [4.69, 9.17) is 4.74 Å². The Labute approximate surface area is 143 Å². The van der Waals surface area contributed by atoms with Crippen LogP contribution in [-0.4, -0.2) is 17.1 Å². The molecule has 3 aromatic rings. The quantitative estimate of drug-likeness (QED) is 0.681. The van der Waals surface area contributed by atoms with Gasteiger partial charge in [0.25, 0.3) is 0 Å². The first kappa shape index (κ1) is 17.0. The van der Waals surface area contributed by atoms with Gasteiger partial charge < -0.3 is 4.74 Å². The average Bonchev–Trinajstić information content (AvgIpc) is 2.55. The van der Waals surface area contributed by atoms with Gasteiger partial charge in [-0.05, 0) is 13.8 Å². The molecule has 6 heteroatoms. The molecule has 0 aliphatic rings. The maximum atomic E-state index is 14.4. The van der Waals surface area contributed by atoms with E-state index in [1.807, 2.05) is 19.1 Å². The molecule has 3 nitrogen and oxygen atoms in total. The summed E-state index contributed by atoms with van der Waals surface area (Å²) in [6, 6.07) is 8.67. The van der Waals surface area contributed by atoms with E-state index in [9.17, 15) is 13.2 Å². The molecule has 0 unspecified atom stereocenters. The SMILES string of the molecule is COc1nc(C)c(-c2c(F)cc(F)cc2F)c(-c2ccc(C)cc2)n1. The van der Waals surface area contributed by atoms with Crippen molar-refractivity contribution in [1.82, 2.24) is 9.97 Å². The minimum atomic E-state index is -1.01. The number of hydrogen-bond donors (Lipinski definition) is 0. The molecular weight excluding hydrogens is 329 g/mol. The number of methoxy groups -OCH3 is 1. The molecule has 0 N–H and O–H groups in total. The molecule has 2 aromatic carbocycles. The van der Waals surface area contributed by atoms with E-state index >= 15 is 0 Å². The molecule has 0 bridgehead atoms. The summed E-state index contributed by atoms with van der Waals surface area (Å²) >= 11 is 0. The number of rotatable bonds is 3. The zero-order valence-electron chi connectivity index (χ0n) is 13.9. The lowest BCUT2D eigenvalue weighted by Gasteiger charge is -2.15. The molecule has 0 fully saturated rings. The minimum Gasteiger partial charge on any atom is -0.467 e. The van der Waals surface area contributed by atoms with Crippen LogP contribution in [0.15, 0.2) is 36.4 Å². The molecule has 0 aliphatic heterocycles. The van der Waals surface area contributed by atoms with Crippen molar-refractivity contribution in [1.29, 1.82) is 0 Å². The number of aromatic nitrogens is 2. The van der Waals surface area contributed by atoms with Crippen molar-refractivity contribution in [3.63, 3.8) is 0 Å². The number of ether oxygens (including phenoxy) is 1. The summed E-state index contributed by atoms with van der Waals surface area (Å²) in [4.78, 5) is 8.39. The fourth-order valence-electron chi connectivity index (χ4n) is 2.64. The zero-order chi connectivity index (χ0) is 18.1. The Morgan fingerprint density at radius 2 is 1.44 bits per heavy atom. The van der Waals surface area contributed by atoms with Crippen LogP contribution in [0.4, 0.5) is 13.2 Å². The number of benzene rings is 2. The Morgan fingerprint density at radius 1 is 0.840 bits per heavy atom. The lowest BCUT2D eigenvalue weighted by molar-refractivity contribution is 0.379. The summed E-state index contributed by atoms with van der Waals surface area (Å²) in [5, 5.41) is 0. The van der Waals surface area contributed by atoms with Gasteiger partial charge in [0.2, 0.25) is 0 Å². The van der Waals surface area contributed by atoms with Gasteiger partial charge in [0.05, 0.1) is 24.1 Å². The largest absolute Gasteiger partial charge is 0.467 e. The van der Waals surface area contributed by atoms with Gasteiger partial charge in [-0.1, -0.05) is 29.8 Å². The van der Waals surface area contributed by atoms with Crippen LogP contribution in [0.5, 0.6) is 6.01 Å². The van der Waals surface area contributed by atoms with E-state index in [1.54, 1.807) is 19.1 Å². The second-order valence-electron chi connectivity index (χ2n) is 5.63. The van der Waals surface area contributed by atoms with Crippen molar-refractivity contribution >= 4 is 0 Å². The van der Waals surface area contributed by atoms with Crippen molar-refractivity contribution in [3.8, 4) is 28.4 Å². The summed E-state index contributed by atoms with van der Waals surface area (Å²) in [6.07, 6.45) is 0. The van der Waals surface area contributed by atoms with Crippen LogP contribution in [0, 0.1) is 31.3 Å². The first-order chi connectivity index (χ1) is 11.9. The molecule has 0 radical (unpaired) electrons. The highest BCUT2D eigenvalue weighted by Crippen LogP contribution is 2.37. The number of halogens is 3. The molecule has 0 aliphatic carbocycles. The van der Waals surface area contributed by atoms with Gasteiger partial charge in [0.15, 0.2) is 0 Å². The third kappa shape index (κ3) is 3.20. The molecule has 25 heavy (non-hydrogen) atoms. The van der Waals surface area contributed by atoms with Crippen LogP contribution in [0.1, 0.15) is 11.3 Å². The van der Waals surface area contributed by atoms with Crippen LogP contribution in [-0.2, 0) is 0 Å². The Bertz CT molecular complexity index is 917. The van der Waals surface area contributed by atoms with Crippen LogP contribution in [0.2, 0.25) is 0 Å². The van der Waals surface area contributed by atoms with Crippen molar-refractivity contribution < 1.29 is 17.9 Å². The lowest BCUT2D eigenvalue weighted by Crippen LogP contribution is -2.03. The van der Waals surface area contributed by atoms with E-state index in [0.29, 0.717) is 29.1 Å². The Kier molecular flexibility index (Phi) is 4.44. The molecule has 0 amide bonds. The molecule has 0 atom stereocenters. The van der Waals surface area contributed by atoms with Crippen LogP contribution in [0.25, 0.3) is 22.4 Å². The van der Waals surface area contributed by atoms with Gasteiger partial charge >= 0.3 is 6.01 Å². The van der Waals surface area contributed by atoms with Crippen molar-refractivity contribution in [2.24, 2.45) is 0 Å². The predicted molar refractivity (Wildman–Crippen MR) is 88.8 cm³/mol. The Morgan fingerprint density at radius 3 is 2.00 bits per heavy atom. The number of aryl methyl sites for hydroxylation is 2. The van der Waals surface area contributed by atoms with Gasteiger partial charge in [0, 0.05) is 23.3 Å². The normalized spacial score (nSPS) is 10.8. The molecule has 128 valence electrons. The molecule has 0 spiro atoms. The molecule has 1 heterocycles. The highest BCUT2D eigenvalue weighted by molar-refractivity contribution is 5.83. The molecular formula is C19H15F3N2O. The lowest BCUT2D eigenvalue weighted by atomic mass is 9.96. The minimum absolute atomic E-state index is 0.0831. The van der Waals surface area contributed by atoms with Crippen molar-refractivity contribution in [2.75, 3.05) is 7.11 Å². The van der Waals surface area contributed by atoms with Crippen LogP contribution in [0.3, 0.4) is 0 Å². The number of hydrogen-bond acceptors (Lipinski definition) is 3. The van der Waals surface area contributed by atoms with Gasteiger partial charge in [-0.3, -0.25) is 0 Å². The monoisotopic (exact) mass is 344 g/mol. The highest BCUT2D eigenvalue weighted by atomic mass is 19.1. The Hall–Kier alpha value is -2.89. The smallest absolute Gasteiger partial charge is 0.316 e. The summed E-state index contributed by atoms with van der Waals surface area (Å²) in [5.41, 5.74) is 2.12. The van der Waals surface area contributed by atoms with E-state index in [0.717, 1.165) is 5.56 Å².